The maximum atomic E-state index is 14.5. The van der Waals surface area contributed by atoms with Crippen LogP contribution >= 0.6 is 0 Å². The van der Waals surface area contributed by atoms with Crippen molar-refractivity contribution in [2.75, 3.05) is 0 Å². The second-order valence-corrected chi connectivity index (χ2v) is 5.64. The van der Waals surface area contributed by atoms with Gasteiger partial charge in [0.2, 0.25) is 0 Å². The van der Waals surface area contributed by atoms with Gasteiger partial charge in [-0.15, -0.1) is 0 Å². The van der Waals surface area contributed by atoms with Crippen LogP contribution in [0.2, 0.25) is 0 Å². The van der Waals surface area contributed by atoms with Crippen molar-refractivity contribution in [2.45, 2.75) is 6.54 Å². The number of halogens is 1. The zero-order valence-corrected chi connectivity index (χ0v) is 13.1. The van der Waals surface area contributed by atoms with E-state index in [1.54, 1.807) is 48.9 Å². The van der Waals surface area contributed by atoms with Crippen LogP contribution in [0.25, 0.3) is 22.6 Å². The Morgan fingerprint density at radius 2 is 1.96 bits per heavy atom. The van der Waals surface area contributed by atoms with Gasteiger partial charge >= 0.3 is 0 Å². The Balaban J connectivity index is 1.63. The van der Waals surface area contributed by atoms with Crippen molar-refractivity contribution in [3.63, 3.8) is 0 Å². The molecule has 0 unspecified atom stereocenters. The van der Waals surface area contributed by atoms with Crippen molar-refractivity contribution in [3.05, 3.63) is 78.6 Å². The first-order chi connectivity index (χ1) is 12.2. The largest absolute Gasteiger partial charge is 0.507 e. The Labute approximate surface area is 143 Å². The van der Waals surface area contributed by atoms with Crippen molar-refractivity contribution in [3.8, 4) is 28.3 Å². The van der Waals surface area contributed by atoms with Crippen LogP contribution in [-0.2, 0) is 6.54 Å². The molecule has 25 heavy (non-hydrogen) atoms. The van der Waals surface area contributed by atoms with Gasteiger partial charge in [-0.3, -0.25) is 0 Å². The minimum Gasteiger partial charge on any atom is -0.507 e. The first-order valence-corrected chi connectivity index (χ1v) is 7.70. The number of para-hydroxylation sites is 1. The van der Waals surface area contributed by atoms with E-state index in [1.807, 2.05) is 16.8 Å². The minimum absolute atomic E-state index is 0.0958. The van der Waals surface area contributed by atoms with E-state index in [0.29, 0.717) is 29.1 Å². The molecule has 0 aliphatic carbocycles. The fourth-order valence-electron chi connectivity index (χ4n) is 2.67. The molecule has 0 spiro atoms. The van der Waals surface area contributed by atoms with E-state index in [0.717, 1.165) is 5.56 Å². The van der Waals surface area contributed by atoms with Gasteiger partial charge in [0.15, 0.2) is 5.76 Å². The Hall–Kier alpha value is -3.41. The summed E-state index contributed by atoms with van der Waals surface area (Å²) < 4.78 is 21.6. The number of aromatic nitrogens is 3. The normalized spacial score (nSPS) is 10.9. The van der Waals surface area contributed by atoms with Crippen molar-refractivity contribution < 1.29 is 14.0 Å². The molecule has 0 amide bonds. The van der Waals surface area contributed by atoms with Gasteiger partial charge in [0, 0.05) is 30.6 Å². The molecule has 0 atom stereocenters. The zero-order valence-electron chi connectivity index (χ0n) is 13.1. The molecule has 1 N–H and O–H groups in total. The van der Waals surface area contributed by atoms with E-state index in [2.05, 4.69) is 10.1 Å². The predicted octanol–water partition coefficient (Wildman–Crippen LogP) is 4.10. The summed E-state index contributed by atoms with van der Waals surface area (Å²) in [5.74, 6) is 0.0148. The number of rotatable bonds is 4. The molecule has 2 heterocycles. The van der Waals surface area contributed by atoms with Crippen LogP contribution < -0.4 is 0 Å². The molecule has 6 heteroatoms. The van der Waals surface area contributed by atoms with Gasteiger partial charge in [0.1, 0.15) is 17.3 Å². The summed E-state index contributed by atoms with van der Waals surface area (Å²) in [7, 11) is 0. The summed E-state index contributed by atoms with van der Waals surface area (Å²) in [5, 5.41) is 13.8. The maximum Gasteiger partial charge on any atom is 0.170 e. The smallest absolute Gasteiger partial charge is 0.170 e. The molecule has 0 radical (unpaired) electrons. The molecule has 4 rings (SSSR count). The molecule has 4 aromatic rings. The lowest BCUT2D eigenvalue weighted by Gasteiger charge is -2.05. The van der Waals surface area contributed by atoms with Crippen molar-refractivity contribution in [1.82, 2.24) is 14.7 Å². The predicted molar refractivity (Wildman–Crippen MR) is 90.3 cm³/mol. The molecule has 0 saturated carbocycles. The standard InChI is InChI=1S/C19H14FN3O2/c20-16-9-13(11-23-8-7-21-12-23)5-6-14(16)19-10-17(22-25-19)15-3-1-2-4-18(15)24/h1-10,12,24H,11H2. The molecule has 0 aliphatic heterocycles. The highest BCUT2D eigenvalue weighted by Gasteiger charge is 2.14. The molecule has 0 aliphatic rings. The van der Waals surface area contributed by atoms with E-state index in [1.165, 1.54) is 6.07 Å². The summed E-state index contributed by atoms with van der Waals surface area (Å²) >= 11 is 0. The fraction of sp³-hybridized carbons (Fsp3) is 0.0526. The third-order valence-corrected chi connectivity index (χ3v) is 3.91. The van der Waals surface area contributed by atoms with Gasteiger partial charge < -0.3 is 14.2 Å². The number of hydrogen-bond acceptors (Lipinski definition) is 4. The molecule has 2 aromatic heterocycles. The highest BCUT2D eigenvalue weighted by atomic mass is 19.1. The lowest BCUT2D eigenvalue weighted by atomic mass is 10.1. The second kappa shape index (κ2) is 6.24. The van der Waals surface area contributed by atoms with Crippen LogP contribution in [0.3, 0.4) is 0 Å². The lowest BCUT2D eigenvalue weighted by Crippen LogP contribution is -1.97. The van der Waals surface area contributed by atoms with E-state index in [4.69, 9.17) is 4.52 Å². The number of imidazole rings is 1. The van der Waals surface area contributed by atoms with E-state index in [9.17, 15) is 9.50 Å². The average molecular weight is 335 g/mol. The summed E-state index contributed by atoms with van der Waals surface area (Å²) in [5.41, 5.74) is 2.13. The monoisotopic (exact) mass is 335 g/mol. The highest BCUT2D eigenvalue weighted by Crippen LogP contribution is 2.32. The third-order valence-electron chi connectivity index (χ3n) is 3.91. The lowest BCUT2D eigenvalue weighted by molar-refractivity contribution is 0.431. The summed E-state index contributed by atoms with van der Waals surface area (Å²) in [6.45, 7) is 0.538. The summed E-state index contributed by atoms with van der Waals surface area (Å²) in [6, 6.07) is 13.4. The topological polar surface area (TPSA) is 64.1 Å². The quantitative estimate of drug-likeness (QED) is 0.610. The first-order valence-electron chi connectivity index (χ1n) is 7.70. The van der Waals surface area contributed by atoms with Crippen LogP contribution in [0.4, 0.5) is 4.39 Å². The van der Waals surface area contributed by atoms with E-state index >= 15 is 0 Å². The van der Waals surface area contributed by atoms with Gasteiger partial charge in [-0.05, 0) is 29.8 Å². The molecular weight excluding hydrogens is 321 g/mol. The average Bonchev–Trinajstić information content (AvgIpc) is 3.27. The van der Waals surface area contributed by atoms with Crippen LogP contribution in [0.1, 0.15) is 5.56 Å². The molecular formula is C19H14FN3O2. The van der Waals surface area contributed by atoms with E-state index < -0.39 is 5.82 Å². The van der Waals surface area contributed by atoms with Gasteiger partial charge in [-0.25, -0.2) is 9.37 Å². The van der Waals surface area contributed by atoms with Crippen LogP contribution in [0.15, 0.2) is 71.8 Å². The van der Waals surface area contributed by atoms with Crippen molar-refractivity contribution in [2.24, 2.45) is 0 Å². The number of aromatic hydroxyl groups is 1. The molecule has 2 aromatic carbocycles. The van der Waals surface area contributed by atoms with Gasteiger partial charge in [0.25, 0.3) is 0 Å². The van der Waals surface area contributed by atoms with E-state index in [-0.39, 0.29) is 5.75 Å². The highest BCUT2D eigenvalue weighted by molar-refractivity contribution is 5.71. The maximum absolute atomic E-state index is 14.5. The summed E-state index contributed by atoms with van der Waals surface area (Å²) in [6.07, 6.45) is 5.18. The van der Waals surface area contributed by atoms with Gasteiger partial charge in [-0.1, -0.05) is 23.4 Å². The number of benzene rings is 2. The Kier molecular flexibility index (Phi) is 3.78. The number of nitrogens with zero attached hydrogens (tertiary/aromatic N) is 3. The summed E-state index contributed by atoms with van der Waals surface area (Å²) in [4.78, 5) is 3.97. The van der Waals surface area contributed by atoms with Gasteiger partial charge in [0.05, 0.1) is 11.9 Å². The Bertz CT molecular complexity index is 1010. The third kappa shape index (κ3) is 3.01. The number of phenolic OH excluding ortho intramolecular Hbond substituents is 1. The number of hydrogen-bond donors (Lipinski definition) is 1. The van der Waals surface area contributed by atoms with Crippen LogP contribution in [0, 0.1) is 5.82 Å². The van der Waals surface area contributed by atoms with Gasteiger partial charge in [-0.2, -0.15) is 0 Å². The SMILES string of the molecule is Oc1ccccc1-c1cc(-c2ccc(Cn3ccnc3)cc2F)on1. The molecule has 0 bridgehead atoms. The van der Waals surface area contributed by atoms with Crippen molar-refractivity contribution in [1.29, 1.82) is 0 Å². The Morgan fingerprint density at radius 1 is 1.08 bits per heavy atom. The second-order valence-electron chi connectivity index (χ2n) is 5.64. The van der Waals surface area contributed by atoms with Crippen molar-refractivity contribution >= 4 is 0 Å². The zero-order chi connectivity index (χ0) is 17.2. The molecule has 0 saturated heterocycles. The molecule has 0 fully saturated rings. The number of phenols is 1. The fourth-order valence-corrected chi connectivity index (χ4v) is 2.67. The van der Waals surface area contributed by atoms with Crippen LogP contribution in [0.5, 0.6) is 5.75 Å². The molecule has 124 valence electrons. The van der Waals surface area contributed by atoms with Crippen LogP contribution in [-0.4, -0.2) is 19.8 Å². The Morgan fingerprint density at radius 3 is 2.72 bits per heavy atom. The minimum atomic E-state index is -0.391. The molecule has 5 nitrogen and oxygen atoms in total. The first kappa shape index (κ1) is 15.1.